The molecule has 0 bridgehead atoms. The average molecular weight is 373 g/mol. The lowest BCUT2D eigenvalue weighted by Crippen LogP contribution is -2.57. The van der Waals surface area contributed by atoms with Crippen molar-refractivity contribution in [2.45, 2.75) is 44.8 Å². The lowest BCUT2D eigenvalue weighted by molar-refractivity contribution is -0.128. The van der Waals surface area contributed by atoms with Gasteiger partial charge in [-0.1, -0.05) is 12.1 Å². The van der Waals surface area contributed by atoms with Gasteiger partial charge in [0.15, 0.2) is 5.69 Å². The fourth-order valence-corrected chi connectivity index (χ4v) is 4.02. The summed E-state index contributed by atoms with van der Waals surface area (Å²) in [5.74, 6) is 0.723. The number of rotatable bonds is 5. The smallest absolute Gasteiger partial charge is 0.276 e. The number of aryl methyl sites for hydroxylation is 1. The normalized spacial score (nSPS) is 20.3. The van der Waals surface area contributed by atoms with Gasteiger partial charge in [-0.2, -0.15) is 0 Å². The van der Waals surface area contributed by atoms with Gasteiger partial charge >= 0.3 is 0 Å². The molecule has 2 aliphatic rings. The Balaban J connectivity index is 1.35. The zero-order valence-corrected chi connectivity index (χ0v) is 15.9. The van der Waals surface area contributed by atoms with E-state index in [1.165, 1.54) is 5.56 Å². The number of carbonyl (C=O) groups excluding carboxylic acids is 1. The third-order valence-corrected chi connectivity index (χ3v) is 5.56. The molecular formula is C20H27N3O4. The molecule has 0 saturated carbocycles. The predicted octanol–water partition coefficient (Wildman–Crippen LogP) is 2.73. The summed E-state index contributed by atoms with van der Waals surface area (Å²) in [4.78, 5) is 17.1. The second-order valence-corrected chi connectivity index (χ2v) is 7.59. The van der Waals surface area contributed by atoms with Gasteiger partial charge in [0.25, 0.3) is 5.91 Å². The topological polar surface area (TPSA) is 72.0 Å². The second-order valence-electron chi connectivity index (χ2n) is 7.59. The minimum atomic E-state index is -0.239. The van der Waals surface area contributed by atoms with E-state index in [1.54, 1.807) is 18.6 Å². The van der Waals surface area contributed by atoms with Crippen molar-refractivity contribution in [1.82, 2.24) is 15.0 Å². The Labute approximate surface area is 159 Å². The van der Waals surface area contributed by atoms with E-state index in [2.05, 4.69) is 17.0 Å². The third kappa shape index (κ3) is 4.09. The minimum absolute atomic E-state index is 0.0513. The van der Waals surface area contributed by atoms with Crippen molar-refractivity contribution in [3.05, 3.63) is 41.7 Å². The van der Waals surface area contributed by atoms with Crippen molar-refractivity contribution >= 4 is 5.91 Å². The lowest BCUT2D eigenvalue weighted by Gasteiger charge is -2.47. The van der Waals surface area contributed by atoms with Crippen LogP contribution in [0.2, 0.25) is 0 Å². The van der Waals surface area contributed by atoms with E-state index < -0.39 is 0 Å². The number of hydrogen-bond acceptors (Lipinski definition) is 6. The maximum Gasteiger partial charge on any atom is 0.276 e. The lowest BCUT2D eigenvalue weighted by atomic mass is 9.89. The first kappa shape index (κ1) is 18.3. The molecule has 0 N–H and O–H groups in total. The largest absolute Gasteiger partial charge is 0.472 e. The first-order valence-corrected chi connectivity index (χ1v) is 9.80. The van der Waals surface area contributed by atoms with Crippen molar-refractivity contribution in [3.63, 3.8) is 0 Å². The molecule has 0 aliphatic carbocycles. The molecule has 146 valence electrons. The summed E-state index contributed by atoms with van der Waals surface area (Å²) in [5.41, 5.74) is 1.37. The van der Waals surface area contributed by atoms with Crippen LogP contribution >= 0.6 is 0 Å². The van der Waals surface area contributed by atoms with Crippen LogP contribution in [-0.2, 0) is 17.7 Å². The quantitative estimate of drug-likeness (QED) is 0.802. The molecule has 2 aromatic rings. The SMILES string of the molecule is CCCc1cc(C(=O)N2CCOC3(CCN(Cc4ccoc4)CC3)C2)no1. The molecule has 27 heavy (non-hydrogen) atoms. The summed E-state index contributed by atoms with van der Waals surface area (Å²) >= 11 is 0. The standard InChI is InChI=1S/C20H27N3O4/c1-2-3-17-12-18(21-27-17)19(24)23-9-11-26-20(15-23)5-7-22(8-6-20)13-16-4-10-25-14-16/h4,10,12,14H,2-3,5-9,11,13,15H2,1H3. The molecular weight excluding hydrogens is 346 g/mol. The van der Waals surface area contributed by atoms with Crippen molar-refractivity contribution in [3.8, 4) is 0 Å². The minimum Gasteiger partial charge on any atom is -0.472 e. The Hall–Kier alpha value is -2.12. The Morgan fingerprint density at radius 2 is 2.15 bits per heavy atom. The highest BCUT2D eigenvalue weighted by molar-refractivity contribution is 5.92. The number of morpholine rings is 1. The van der Waals surface area contributed by atoms with Gasteiger partial charge < -0.3 is 18.6 Å². The Bertz CT molecular complexity index is 747. The molecule has 4 rings (SSSR count). The van der Waals surface area contributed by atoms with Crippen molar-refractivity contribution in [2.24, 2.45) is 0 Å². The monoisotopic (exact) mass is 373 g/mol. The van der Waals surface area contributed by atoms with Gasteiger partial charge in [0.05, 0.1) is 31.3 Å². The summed E-state index contributed by atoms with van der Waals surface area (Å²) in [5, 5.41) is 3.97. The second kappa shape index (κ2) is 7.86. The fraction of sp³-hybridized carbons (Fsp3) is 0.600. The van der Waals surface area contributed by atoms with E-state index in [0.29, 0.717) is 25.4 Å². The molecule has 2 aromatic heterocycles. The summed E-state index contributed by atoms with van der Waals surface area (Å²) < 4.78 is 16.6. The molecule has 0 unspecified atom stereocenters. The van der Waals surface area contributed by atoms with Crippen LogP contribution in [0.3, 0.4) is 0 Å². The third-order valence-electron chi connectivity index (χ3n) is 5.56. The summed E-state index contributed by atoms with van der Waals surface area (Å²) in [6.45, 7) is 6.70. The fourth-order valence-electron chi connectivity index (χ4n) is 4.02. The highest BCUT2D eigenvalue weighted by Gasteiger charge is 2.41. The van der Waals surface area contributed by atoms with Crippen molar-refractivity contribution < 1.29 is 18.5 Å². The van der Waals surface area contributed by atoms with Crippen LogP contribution in [0.15, 0.2) is 33.6 Å². The van der Waals surface area contributed by atoms with Crippen LogP contribution in [0.4, 0.5) is 0 Å². The number of nitrogens with zero attached hydrogens (tertiary/aromatic N) is 3. The molecule has 4 heterocycles. The predicted molar refractivity (Wildman–Crippen MR) is 98.3 cm³/mol. The number of carbonyl (C=O) groups is 1. The summed E-state index contributed by atoms with van der Waals surface area (Å²) in [7, 11) is 0. The number of likely N-dealkylation sites (tertiary alicyclic amines) is 1. The van der Waals surface area contributed by atoms with Gasteiger partial charge in [-0.3, -0.25) is 9.69 Å². The number of furan rings is 1. The first-order chi connectivity index (χ1) is 13.2. The number of amides is 1. The van der Waals surface area contributed by atoms with Gasteiger partial charge in [-0.05, 0) is 25.3 Å². The van der Waals surface area contributed by atoms with E-state index in [9.17, 15) is 4.79 Å². The Kier molecular flexibility index (Phi) is 5.31. The molecule has 0 radical (unpaired) electrons. The maximum absolute atomic E-state index is 12.8. The number of ether oxygens (including phenoxy) is 1. The van der Waals surface area contributed by atoms with E-state index in [4.69, 9.17) is 13.7 Å². The zero-order valence-electron chi connectivity index (χ0n) is 15.9. The van der Waals surface area contributed by atoms with Crippen LogP contribution in [0.25, 0.3) is 0 Å². The number of piperidine rings is 1. The van der Waals surface area contributed by atoms with E-state index in [-0.39, 0.29) is 11.5 Å². The summed E-state index contributed by atoms with van der Waals surface area (Å²) in [6, 6.07) is 3.79. The number of hydrogen-bond donors (Lipinski definition) is 0. The van der Waals surface area contributed by atoms with Crippen LogP contribution in [0, 0.1) is 0 Å². The Morgan fingerprint density at radius 3 is 2.89 bits per heavy atom. The highest BCUT2D eigenvalue weighted by Crippen LogP contribution is 2.31. The van der Waals surface area contributed by atoms with Crippen LogP contribution in [-0.4, -0.2) is 59.3 Å². The van der Waals surface area contributed by atoms with Crippen LogP contribution in [0.5, 0.6) is 0 Å². The van der Waals surface area contributed by atoms with Gasteiger partial charge in [0.1, 0.15) is 5.76 Å². The van der Waals surface area contributed by atoms with Gasteiger partial charge in [-0.15, -0.1) is 0 Å². The zero-order chi connectivity index (χ0) is 18.7. The first-order valence-electron chi connectivity index (χ1n) is 9.80. The molecule has 2 fully saturated rings. The maximum atomic E-state index is 12.8. The van der Waals surface area contributed by atoms with E-state index in [0.717, 1.165) is 51.1 Å². The van der Waals surface area contributed by atoms with E-state index >= 15 is 0 Å². The van der Waals surface area contributed by atoms with Crippen LogP contribution < -0.4 is 0 Å². The molecule has 1 amide bonds. The molecule has 2 saturated heterocycles. The van der Waals surface area contributed by atoms with Crippen molar-refractivity contribution in [2.75, 3.05) is 32.8 Å². The van der Waals surface area contributed by atoms with Gasteiger partial charge in [0, 0.05) is 44.2 Å². The average Bonchev–Trinajstić information content (AvgIpc) is 3.36. The molecule has 7 heteroatoms. The highest BCUT2D eigenvalue weighted by atomic mass is 16.5. The summed E-state index contributed by atoms with van der Waals surface area (Å²) in [6.07, 6.45) is 7.14. The van der Waals surface area contributed by atoms with E-state index in [1.807, 2.05) is 11.0 Å². The van der Waals surface area contributed by atoms with Crippen LogP contribution in [0.1, 0.15) is 48.0 Å². The van der Waals surface area contributed by atoms with Gasteiger partial charge in [-0.25, -0.2) is 0 Å². The number of aromatic nitrogens is 1. The molecule has 7 nitrogen and oxygen atoms in total. The van der Waals surface area contributed by atoms with Crippen molar-refractivity contribution in [1.29, 1.82) is 0 Å². The molecule has 0 aromatic carbocycles. The Morgan fingerprint density at radius 1 is 1.30 bits per heavy atom. The molecule has 0 atom stereocenters. The molecule has 1 spiro atoms. The van der Waals surface area contributed by atoms with Gasteiger partial charge in [0.2, 0.25) is 0 Å². The molecule has 2 aliphatic heterocycles.